The molecular formula is C18H18ClN3O3S. The van der Waals surface area contributed by atoms with Gasteiger partial charge in [-0.3, -0.25) is 4.79 Å². The van der Waals surface area contributed by atoms with Gasteiger partial charge in [0.1, 0.15) is 11.4 Å². The van der Waals surface area contributed by atoms with Crippen molar-refractivity contribution in [3.8, 4) is 0 Å². The molecule has 0 aliphatic carbocycles. The van der Waals surface area contributed by atoms with Gasteiger partial charge in [0.2, 0.25) is 5.91 Å². The van der Waals surface area contributed by atoms with E-state index in [0.29, 0.717) is 20.7 Å². The Morgan fingerprint density at radius 2 is 2.12 bits per heavy atom. The van der Waals surface area contributed by atoms with Gasteiger partial charge in [0.25, 0.3) is 0 Å². The number of thiazole rings is 1. The number of fused-ring (bicyclic) bond motifs is 1. The first-order valence-electron chi connectivity index (χ1n) is 8.06. The van der Waals surface area contributed by atoms with Gasteiger partial charge >= 0.3 is 5.97 Å². The zero-order valence-corrected chi connectivity index (χ0v) is 16.1. The molecule has 0 radical (unpaired) electrons. The first kappa shape index (κ1) is 18.4. The van der Waals surface area contributed by atoms with Crippen molar-refractivity contribution in [1.82, 2.24) is 9.55 Å². The van der Waals surface area contributed by atoms with Crippen molar-refractivity contribution in [2.24, 2.45) is 0 Å². The van der Waals surface area contributed by atoms with Gasteiger partial charge in [-0.2, -0.15) is 0 Å². The van der Waals surface area contributed by atoms with E-state index < -0.39 is 5.97 Å². The van der Waals surface area contributed by atoms with E-state index in [0.717, 1.165) is 22.2 Å². The van der Waals surface area contributed by atoms with Crippen LogP contribution in [-0.2, 0) is 16.1 Å². The Morgan fingerprint density at radius 3 is 2.85 bits per heavy atom. The fourth-order valence-electron chi connectivity index (χ4n) is 2.53. The first-order valence-corrected chi connectivity index (χ1v) is 9.25. The smallest absolute Gasteiger partial charge is 0.350 e. The van der Waals surface area contributed by atoms with Gasteiger partial charge in [-0.15, -0.1) is 0 Å². The fraction of sp³-hybridized carbons (Fsp3) is 0.278. The van der Waals surface area contributed by atoms with Gasteiger partial charge in [0.15, 0.2) is 5.13 Å². The molecule has 6 nitrogen and oxygen atoms in total. The quantitative estimate of drug-likeness (QED) is 0.659. The van der Waals surface area contributed by atoms with Crippen LogP contribution in [0.5, 0.6) is 0 Å². The Morgan fingerprint density at radius 1 is 1.35 bits per heavy atom. The van der Waals surface area contributed by atoms with Crippen LogP contribution in [0, 0.1) is 6.92 Å². The minimum Gasteiger partial charge on any atom is -0.459 e. The second-order valence-corrected chi connectivity index (χ2v) is 7.52. The van der Waals surface area contributed by atoms with Gasteiger partial charge in [-0.25, -0.2) is 9.78 Å². The number of hydrogen-bond donors (Lipinski definition) is 1. The predicted octanol–water partition coefficient (Wildman–Crippen LogP) is 4.26. The number of rotatable bonds is 5. The lowest BCUT2D eigenvalue weighted by Gasteiger charge is -2.06. The monoisotopic (exact) mass is 391 g/mol. The molecule has 0 unspecified atom stereocenters. The number of carbonyl (C=O) groups is 2. The summed E-state index contributed by atoms with van der Waals surface area (Å²) < 4.78 is 7.01. The number of nitrogens with zero attached hydrogens (tertiary/aromatic N) is 2. The van der Waals surface area contributed by atoms with E-state index in [1.165, 1.54) is 0 Å². The van der Waals surface area contributed by atoms with Crippen LogP contribution in [-0.4, -0.2) is 27.5 Å². The summed E-state index contributed by atoms with van der Waals surface area (Å²) in [5.41, 5.74) is 1.46. The maximum absolute atomic E-state index is 12.4. The lowest BCUT2D eigenvalue weighted by molar-refractivity contribution is -0.116. The van der Waals surface area contributed by atoms with Crippen LogP contribution in [0.15, 0.2) is 30.5 Å². The van der Waals surface area contributed by atoms with Crippen LogP contribution < -0.4 is 5.32 Å². The van der Waals surface area contributed by atoms with Crippen molar-refractivity contribution in [3.05, 3.63) is 46.1 Å². The number of halogens is 1. The molecule has 3 rings (SSSR count). The van der Waals surface area contributed by atoms with Crippen molar-refractivity contribution in [2.45, 2.75) is 33.4 Å². The van der Waals surface area contributed by atoms with E-state index >= 15 is 0 Å². The summed E-state index contributed by atoms with van der Waals surface area (Å²) in [6, 6.07) is 7.41. The van der Waals surface area contributed by atoms with Crippen LogP contribution in [0.2, 0.25) is 5.02 Å². The van der Waals surface area contributed by atoms with Crippen LogP contribution in [0.1, 0.15) is 29.2 Å². The summed E-state index contributed by atoms with van der Waals surface area (Å²) in [7, 11) is 0. The van der Waals surface area contributed by atoms with E-state index in [9.17, 15) is 9.59 Å². The van der Waals surface area contributed by atoms with Crippen LogP contribution in [0.3, 0.4) is 0 Å². The molecule has 0 bridgehead atoms. The first-order chi connectivity index (χ1) is 12.3. The Hall–Kier alpha value is -2.38. The normalized spacial score (nSPS) is 11.1. The molecule has 1 aromatic carbocycles. The highest BCUT2D eigenvalue weighted by Crippen LogP contribution is 2.24. The summed E-state index contributed by atoms with van der Waals surface area (Å²) in [6.07, 6.45) is 1.62. The summed E-state index contributed by atoms with van der Waals surface area (Å²) in [6.45, 7) is 5.42. The third-order valence-electron chi connectivity index (χ3n) is 3.62. The van der Waals surface area contributed by atoms with Gasteiger partial charge in [-0.1, -0.05) is 22.9 Å². The van der Waals surface area contributed by atoms with Crippen molar-refractivity contribution in [2.75, 3.05) is 5.32 Å². The van der Waals surface area contributed by atoms with Crippen LogP contribution in [0.4, 0.5) is 5.13 Å². The number of anilines is 1. The summed E-state index contributed by atoms with van der Waals surface area (Å²) in [5, 5.41) is 4.74. The number of esters is 1. The summed E-state index contributed by atoms with van der Waals surface area (Å²) in [5.74, 6) is -0.654. The lowest BCUT2D eigenvalue weighted by atomic mass is 10.2. The number of aryl methyl sites for hydroxylation is 1. The lowest BCUT2D eigenvalue weighted by Crippen LogP contribution is -2.18. The molecule has 2 heterocycles. The minimum atomic E-state index is -0.427. The van der Waals surface area contributed by atoms with E-state index in [1.54, 1.807) is 26.8 Å². The Balaban J connectivity index is 1.71. The number of aromatic nitrogens is 2. The number of carbonyl (C=O) groups excluding carboxylic acids is 2. The van der Waals surface area contributed by atoms with Crippen LogP contribution in [0.25, 0.3) is 10.9 Å². The molecule has 0 atom stereocenters. The SMILES string of the molecule is Cc1nc(NC(=O)Cn2ccc3cc(Cl)ccc32)sc1C(=O)OC(C)C. The molecule has 0 saturated carbocycles. The Bertz CT molecular complexity index is 977. The highest BCUT2D eigenvalue weighted by molar-refractivity contribution is 7.17. The number of benzene rings is 1. The molecule has 0 spiro atoms. The number of amides is 1. The second kappa shape index (κ2) is 7.47. The average molecular weight is 392 g/mol. The molecule has 2 aromatic heterocycles. The Kier molecular flexibility index (Phi) is 5.29. The van der Waals surface area contributed by atoms with Gasteiger partial charge in [-0.05, 0) is 45.0 Å². The van der Waals surface area contributed by atoms with Crippen molar-refractivity contribution in [3.63, 3.8) is 0 Å². The molecule has 0 saturated heterocycles. The molecule has 1 amide bonds. The van der Waals surface area contributed by atoms with Crippen LogP contribution >= 0.6 is 22.9 Å². The van der Waals surface area contributed by atoms with Crippen molar-refractivity contribution >= 4 is 50.8 Å². The fourth-order valence-corrected chi connectivity index (χ4v) is 3.58. The highest BCUT2D eigenvalue weighted by Gasteiger charge is 2.19. The van der Waals surface area contributed by atoms with E-state index in [2.05, 4.69) is 10.3 Å². The van der Waals surface area contributed by atoms with Crippen molar-refractivity contribution in [1.29, 1.82) is 0 Å². The number of nitrogens with one attached hydrogen (secondary N) is 1. The molecule has 8 heteroatoms. The molecule has 26 heavy (non-hydrogen) atoms. The topological polar surface area (TPSA) is 73.2 Å². The third-order valence-corrected chi connectivity index (χ3v) is 4.91. The Labute approximate surface area is 159 Å². The molecular weight excluding hydrogens is 374 g/mol. The van der Waals surface area contributed by atoms with Crippen molar-refractivity contribution < 1.29 is 14.3 Å². The summed E-state index contributed by atoms with van der Waals surface area (Å²) in [4.78, 5) is 29.0. The van der Waals surface area contributed by atoms with E-state index in [1.807, 2.05) is 29.0 Å². The summed E-state index contributed by atoms with van der Waals surface area (Å²) >= 11 is 7.09. The number of hydrogen-bond acceptors (Lipinski definition) is 5. The molecule has 136 valence electrons. The van der Waals surface area contributed by atoms with Gasteiger partial charge in [0, 0.05) is 22.1 Å². The second-order valence-electron chi connectivity index (χ2n) is 6.08. The average Bonchev–Trinajstić information content (AvgIpc) is 3.10. The van der Waals surface area contributed by atoms with Gasteiger partial charge in [0.05, 0.1) is 11.8 Å². The van der Waals surface area contributed by atoms with E-state index in [4.69, 9.17) is 16.3 Å². The predicted molar refractivity (Wildman–Crippen MR) is 103 cm³/mol. The standard InChI is InChI=1S/C18H18ClN3O3S/c1-10(2)25-17(24)16-11(3)20-18(26-16)21-15(23)9-22-7-6-12-8-13(19)4-5-14(12)22/h4-8,10H,9H2,1-3H3,(H,20,21,23). The number of ether oxygens (including phenoxy) is 1. The largest absolute Gasteiger partial charge is 0.459 e. The van der Waals surface area contributed by atoms with E-state index in [-0.39, 0.29) is 18.6 Å². The molecule has 0 aliphatic heterocycles. The molecule has 0 fully saturated rings. The molecule has 1 N–H and O–H groups in total. The third kappa shape index (κ3) is 4.05. The zero-order valence-electron chi connectivity index (χ0n) is 14.6. The zero-order chi connectivity index (χ0) is 18.8. The van der Waals surface area contributed by atoms with Gasteiger partial charge < -0.3 is 14.6 Å². The molecule has 3 aromatic rings. The molecule has 0 aliphatic rings. The maximum Gasteiger partial charge on any atom is 0.350 e. The maximum atomic E-state index is 12.4. The highest BCUT2D eigenvalue weighted by atomic mass is 35.5. The minimum absolute atomic E-state index is 0.134.